The maximum Gasteiger partial charge on any atom is 0.0870 e. The zero-order valence-corrected chi connectivity index (χ0v) is 7.31. The highest BCUT2D eigenvalue weighted by Gasteiger charge is 2.23. The van der Waals surface area contributed by atoms with Gasteiger partial charge in [-0.3, -0.25) is 4.90 Å². The molecule has 0 saturated carbocycles. The second-order valence-corrected chi connectivity index (χ2v) is 3.44. The summed E-state index contributed by atoms with van der Waals surface area (Å²) in [6, 6.07) is 0.288. The van der Waals surface area contributed by atoms with Crippen molar-refractivity contribution in [2.24, 2.45) is 5.73 Å². The minimum Gasteiger partial charge on any atom is -0.395 e. The normalized spacial score (nSPS) is 25.7. The summed E-state index contributed by atoms with van der Waals surface area (Å²) < 4.78 is 0. The fourth-order valence-electron chi connectivity index (χ4n) is 1.51. The van der Waals surface area contributed by atoms with Gasteiger partial charge < -0.3 is 10.8 Å². The van der Waals surface area contributed by atoms with Crippen molar-refractivity contribution >= 4 is 17.2 Å². The molecule has 0 aromatic carbocycles. The van der Waals surface area contributed by atoms with Crippen LogP contribution in [0.5, 0.6) is 0 Å². The van der Waals surface area contributed by atoms with Gasteiger partial charge in [-0.1, -0.05) is 12.2 Å². The number of aliphatic hydroxyl groups excluding tert-OH is 1. The van der Waals surface area contributed by atoms with Crippen LogP contribution in [0.1, 0.15) is 12.8 Å². The predicted octanol–water partition coefficient (Wildman–Crippen LogP) is -0.271. The number of thiocarbonyl (C=S) groups is 1. The van der Waals surface area contributed by atoms with E-state index in [1.54, 1.807) is 0 Å². The van der Waals surface area contributed by atoms with E-state index >= 15 is 0 Å². The maximum atomic E-state index is 8.92. The van der Waals surface area contributed by atoms with E-state index < -0.39 is 0 Å². The highest BCUT2D eigenvalue weighted by molar-refractivity contribution is 7.80. The van der Waals surface area contributed by atoms with Gasteiger partial charge in [0.25, 0.3) is 0 Å². The zero-order valence-electron chi connectivity index (χ0n) is 6.49. The molecule has 1 unspecified atom stereocenters. The minimum atomic E-state index is 0.225. The molecule has 1 atom stereocenters. The lowest BCUT2D eigenvalue weighted by molar-refractivity contribution is 0.173. The number of likely N-dealkylation sites (tertiary alicyclic amines) is 1. The van der Waals surface area contributed by atoms with Crippen LogP contribution in [0.3, 0.4) is 0 Å². The van der Waals surface area contributed by atoms with Crippen LogP contribution >= 0.6 is 12.2 Å². The summed E-state index contributed by atoms with van der Waals surface area (Å²) in [4.78, 5) is 2.66. The Labute approximate surface area is 72.2 Å². The number of rotatable bonds is 3. The molecule has 4 heteroatoms. The molecule has 1 heterocycles. The van der Waals surface area contributed by atoms with Gasteiger partial charge in [-0.25, -0.2) is 0 Å². The Morgan fingerprint density at radius 2 is 2.45 bits per heavy atom. The molecule has 1 aliphatic heterocycles. The summed E-state index contributed by atoms with van der Waals surface area (Å²) in [5, 5.41) is 8.92. The molecule has 11 heavy (non-hydrogen) atoms. The Bertz CT molecular complexity index is 151. The molecular formula is C7H14N2OS. The molecule has 64 valence electrons. The van der Waals surface area contributed by atoms with Crippen LogP contribution in [0.25, 0.3) is 0 Å². The fraction of sp³-hybridized carbons (Fsp3) is 0.857. The molecule has 3 nitrogen and oxygen atoms in total. The van der Waals surface area contributed by atoms with Crippen molar-refractivity contribution in [1.82, 2.24) is 4.90 Å². The Morgan fingerprint density at radius 1 is 1.73 bits per heavy atom. The summed E-state index contributed by atoms with van der Waals surface area (Å²) in [5.74, 6) is 0. The van der Waals surface area contributed by atoms with Gasteiger partial charge in [-0.05, 0) is 19.4 Å². The van der Waals surface area contributed by atoms with E-state index in [-0.39, 0.29) is 12.6 Å². The van der Waals surface area contributed by atoms with Crippen molar-refractivity contribution in [3.8, 4) is 0 Å². The summed E-state index contributed by atoms with van der Waals surface area (Å²) in [6.45, 7) is 1.89. The molecule has 3 N–H and O–H groups in total. The summed E-state index contributed by atoms with van der Waals surface area (Å²) in [7, 11) is 0. The average molecular weight is 174 g/mol. The van der Waals surface area contributed by atoms with E-state index in [1.807, 2.05) is 0 Å². The second-order valence-electron chi connectivity index (χ2n) is 2.92. The quantitative estimate of drug-likeness (QED) is 0.578. The van der Waals surface area contributed by atoms with Gasteiger partial charge in [0, 0.05) is 12.6 Å². The highest BCUT2D eigenvalue weighted by Crippen LogP contribution is 2.15. The van der Waals surface area contributed by atoms with Gasteiger partial charge in [0.15, 0.2) is 0 Å². The van der Waals surface area contributed by atoms with E-state index in [9.17, 15) is 0 Å². The van der Waals surface area contributed by atoms with Crippen molar-refractivity contribution in [3.63, 3.8) is 0 Å². The van der Waals surface area contributed by atoms with Gasteiger partial charge in [0.05, 0.1) is 11.6 Å². The molecule has 0 spiro atoms. The fourth-order valence-corrected chi connectivity index (χ4v) is 1.68. The van der Waals surface area contributed by atoms with E-state index in [2.05, 4.69) is 4.90 Å². The molecule has 0 aliphatic carbocycles. The highest BCUT2D eigenvalue weighted by atomic mass is 32.1. The first-order valence-corrected chi connectivity index (χ1v) is 4.28. The Kier molecular flexibility index (Phi) is 3.23. The van der Waals surface area contributed by atoms with E-state index in [0.717, 1.165) is 19.4 Å². The lowest BCUT2D eigenvalue weighted by Crippen LogP contribution is -2.38. The first-order chi connectivity index (χ1) is 5.24. The lowest BCUT2D eigenvalue weighted by atomic mass is 10.2. The number of hydrogen-bond acceptors (Lipinski definition) is 3. The molecule has 1 rings (SSSR count). The van der Waals surface area contributed by atoms with Crippen LogP contribution in [-0.4, -0.2) is 40.7 Å². The van der Waals surface area contributed by atoms with E-state index in [4.69, 9.17) is 23.1 Å². The summed E-state index contributed by atoms with van der Waals surface area (Å²) in [6.07, 6.45) is 2.22. The number of nitrogens with zero attached hydrogens (tertiary/aromatic N) is 1. The van der Waals surface area contributed by atoms with Crippen molar-refractivity contribution < 1.29 is 5.11 Å². The van der Waals surface area contributed by atoms with Crippen molar-refractivity contribution in [3.05, 3.63) is 0 Å². The van der Waals surface area contributed by atoms with Gasteiger partial charge in [-0.15, -0.1) is 0 Å². The maximum absolute atomic E-state index is 8.92. The number of nitrogens with two attached hydrogens (primary N) is 1. The number of aliphatic hydroxyl groups is 1. The van der Waals surface area contributed by atoms with E-state index in [1.165, 1.54) is 0 Å². The number of hydrogen-bond donors (Lipinski definition) is 2. The molecule has 0 aromatic heterocycles. The molecular weight excluding hydrogens is 160 g/mol. The first-order valence-electron chi connectivity index (χ1n) is 3.87. The molecule has 0 amide bonds. The second kappa shape index (κ2) is 3.99. The van der Waals surface area contributed by atoms with Crippen LogP contribution in [0, 0.1) is 0 Å². The largest absolute Gasteiger partial charge is 0.395 e. The Hall–Kier alpha value is -0.190. The zero-order chi connectivity index (χ0) is 8.27. The summed E-state index contributed by atoms with van der Waals surface area (Å²) >= 11 is 4.79. The summed E-state index contributed by atoms with van der Waals surface area (Å²) in [5.41, 5.74) is 5.40. The molecule has 1 saturated heterocycles. The topological polar surface area (TPSA) is 49.5 Å². The molecule has 0 bridgehead atoms. The Balaban J connectivity index is 2.37. The molecule has 0 aromatic rings. The third kappa shape index (κ3) is 2.39. The molecule has 1 fully saturated rings. The molecule has 1 aliphatic rings. The van der Waals surface area contributed by atoms with Crippen molar-refractivity contribution in [2.45, 2.75) is 18.9 Å². The van der Waals surface area contributed by atoms with E-state index in [0.29, 0.717) is 11.5 Å². The van der Waals surface area contributed by atoms with Crippen LogP contribution in [0.4, 0.5) is 0 Å². The smallest absolute Gasteiger partial charge is 0.0870 e. The minimum absolute atomic E-state index is 0.225. The van der Waals surface area contributed by atoms with Crippen LogP contribution in [-0.2, 0) is 0 Å². The van der Waals surface area contributed by atoms with Crippen LogP contribution in [0.15, 0.2) is 0 Å². The standard InChI is InChI=1S/C7H14N2OS/c8-7(11)4-9-3-1-2-6(9)5-10/h6,10H,1-5H2,(H2,8,11). The van der Waals surface area contributed by atoms with Gasteiger partial charge >= 0.3 is 0 Å². The SMILES string of the molecule is NC(=S)CN1CCCC1CO. The van der Waals surface area contributed by atoms with Crippen molar-refractivity contribution in [2.75, 3.05) is 19.7 Å². The van der Waals surface area contributed by atoms with Gasteiger partial charge in [-0.2, -0.15) is 0 Å². The van der Waals surface area contributed by atoms with Crippen molar-refractivity contribution in [1.29, 1.82) is 0 Å². The average Bonchev–Trinajstić information content (AvgIpc) is 2.34. The third-order valence-corrected chi connectivity index (χ3v) is 2.20. The monoisotopic (exact) mass is 174 g/mol. The Morgan fingerprint density at radius 3 is 3.00 bits per heavy atom. The third-order valence-electron chi connectivity index (χ3n) is 2.07. The first kappa shape index (κ1) is 8.90. The molecule has 0 radical (unpaired) electrons. The predicted molar refractivity (Wildman–Crippen MR) is 48.5 cm³/mol. The van der Waals surface area contributed by atoms with Gasteiger partial charge in [0.1, 0.15) is 0 Å². The van der Waals surface area contributed by atoms with Gasteiger partial charge in [0.2, 0.25) is 0 Å². The van der Waals surface area contributed by atoms with Crippen LogP contribution in [0.2, 0.25) is 0 Å². The van der Waals surface area contributed by atoms with Crippen LogP contribution < -0.4 is 5.73 Å². The lowest BCUT2D eigenvalue weighted by Gasteiger charge is -2.21.